The molecule has 2 atom stereocenters. The lowest BCUT2D eigenvalue weighted by atomic mass is 10.0. The van der Waals surface area contributed by atoms with Gasteiger partial charge in [0.15, 0.2) is 0 Å². The third kappa shape index (κ3) is 2.50. The molecule has 21 heavy (non-hydrogen) atoms. The molecule has 2 aliphatic rings. The summed E-state index contributed by atoms with van der Waals surface area (Å²) in [6.45, 7) is 3.13. The summed E-state index contributed by atoms with van der Waals surface area (Å²) in [5.41, 5.74) is 7.13. The summed E-state index contributed by atoms with van der Waals surface area (Å²) >= 11 is 0. The zero-order valence-corrected chi connectivity index (χ0v) is 12.3. The predicted molar refractivity (Wildman–Crippen MR) is 84.3 cm³/mol. The Balaban J connectivity index is 1.56. The number of aliphatic hydroxyl groups excluding tert-OH is 1. The van der Waals surface area contributed by atoms with Crippen LogP contribution in [0.15, 0.2) is 42.5 Å². The maximum atomic E-state index is 9.81. The van der Waals surface area contributed by atoms with E-state index in [2.05, 4.69) is 42.5 Å². The molecule has 1 heterocycles. The first-order valence-corrected chi connectivity index (χ1v) is 8.01. The molecule has 2 heteroatoms. The topological polar surface area (TPSA) is 24.7 Å². The number of benzene rings is 2. The summed E-state index contributed by atoms with van der Waals surface area (Å²) in [7, 11) is 0. The van der Waals surface area contributed by atoms with Gasteiger partial charge in [-0.05, 0) is 47.6 Å². The summed E-state index contributed by atoms with van der Waals surface area (Å²) < 4.78 is 0. The number of likely N-dealkylation sites (tertiary alicyclic amines) is 1. The van der Waals surface area contributed by atoms with Crippen molar-refractivity contribution >= 4 is 0 Å². The van der Waals surface area contributed by atoms with Crippen molar-refractivity contribution in [1.82, 2.24) is 0 Å². The van der Waals surface area contributed by atoms with E-state index in [1.807, 2.05) is 0 Å². The van der Waals surface area contributed by atoms with E-state index in [4.69, 9.17) is 0 Å². The molecule has 1 aliphatic carbocycles. The molecular formula is C19H22NO+. The van der Waals surface area contributed by atoms with E-state index in [9.17, 15) is 5.11 Å². The van der Waals surface area contributed by atoms with E-state index in [0.717, 1.165) is 32.4 Å². The van der Waals surface area contributed by atoms with E-state index >= 15 is 0 Å². The predicted octanol–water partition coefficient (Wildman–Crippen LogP) is 1.80. The molecule has 0 bridgehead atoms. The zero-order valence-electron chi connectivity index (χ0n) is 12.3. The molecule has 2 nitrogen and oxygen atoms in total. The summed E-state index contributed by atoms with van der Waals surface area (Å²) in [6, 6.07) is 15.7. The van der Waals surface area contributed by atoms with Crippen molar-refractivity contribution in [3.63, 3.8) is 0 Å². The smallest absolute Gasteiger partial charge is 0.104 e. The molecule has 2 aromatic carbocycles. The summed E-state index contributed by atoms with van der Waals surface area (Å²) in [5.74, 6) is 0. The number of quaternary nitrogens is 1. The molecule has 0 radical (unpaired) electrons. The van der Waals surface area contributed by atoms with Gasteiger partial charge >= 0.3 is 0 Å². The van der Waals surface area contributed by atoms with Crippen LogP contribution in [0.4, 0.5) is 0 Å². The van der Waals surface area contributed by atoms with Crippen LogP contribution in [-0.4, -0.2) is 24.3 Å². The van der Waals surface area contributed by atoms with Crippen molar-refractivity contribution < 1.29 is 10.0 Å². The number of fused-ring (bicyclic) bond motifs is 3. The number of rotatable bonds is 2. The number of hydrogen-bond donors (Lipinski definition) is 2. The van der Waals surface area contributed by atoms with Crippen molar-refractivity contribution in [1.29, 1.82) is 0 Å². The average Bonchev–Trinajstić information content (AvgIpc) is 2.85. The summed E-state index contributed by atoms with van der Waals surface area (Å²) in [4.78, 5) is 1.52. The molecule has 108 valence electrons. The highest BCUT2D eigenvalue weighted by Crippen LogP contribution is 2.36. The van der Waals surface area contributed by atoms with Gasteiger partial charge in [0.25, 0.3) is 0 Å². The highest BCUT2D eigenvalue weighted by atomic mass is 16.3. The molecular weight excluding hydrogens is 258 g/mol. The third-order valence-corrected chi connectivity index (χ3v) is 4.90. The Hall–Kier alpha value is -1.64. The number of nitrogens with one attached hydrogen (secondary N) is 1. The monoisotopic (exact) mass is 280 g/mol. The second kappa shape index (κ2) is 5.28. The summed E-state index contributed by atoms with van der Waals surface area (Å²) in [5, 5.41) is 9.81. The van der Waals surface area contributed by atoms with Gasteiger partial charge in [-0.1, -0.05) is 36.4 Å². The lowest BCUT2D eigenvalue weighted by molar-refractivity contribution is -0.921. The van der Waals surface area contributed by atoms with E-state index < -0.39 is 0 Å². The van der Waals surface area contributed by atoms with Gasteiger partial charge in [-0.15, -0.1) is 0 Å². The second-order valence-electron chi connectivity index (χ2n) is 6.50. The minimum Gasteiger partial charge on any atom is -0.387 e. The number of piperidine rings is 1. The quantitative estimate of drug-likeness (QED) is 0.735. The van der Waals surface area contributed by atoms with E-state index in [1.54, 1.807) is 0 Å². The SMILES string of the molecule is O[C@@H]1CCC[NH+](Cc2ccc3c(c2)Cc2ccccc2-3)C1. The second-order valence-corrected chi connectivity index (χ2v) is 6.50. The maximum absolute atomic E-state index is 9.81. The van der Waals surface area contributed by atoms with E-state index in [0.29, 0.717) is 0 Å². The van der Waals surface area contributed by atoms with Gasteiger partial charge in [0, 0.05) is 5.56 Å². The third-order valence-electron chi connectivity index (χ3n) is 4.90. The van der Waals surface area contributed by atoms with Gasteiger partial charge in [-0.25, -0.2) is 0 Å². The van der Waals surface area contributed by atoms with Crippen LogP contribution in [0.2, 0.25) is 0 Å². The fourth-order valence-electron chi connectivity index (χ4n) is 3.88. The molecule has 1 saturated heterocycles. The normalized spacial score (nSPS) is 23.7. The Kier molecular flexibility index (Phi) is 3.28. The van der Waals surface area contributed by atoms with Crippen LogP contribution in [0, 0.1) is 0 Å². The molecule has 2 N–H and O–H groups in total. The van der Waals surface area contributed by atoms with Gasteiger partial charge in [0.1, 0.15) is 19.2 Å². The Bertz CT molecular complexity index is 664. The lowest BCUT2D eigenvalue weighted by Crippen LogP contribution is -3.12. The van der Waals surface area contributed by atoms with Gasteiger partial charge in [0.05, 0.1) is 6.54 Å². The van der Waals surface area contributed by atoms with Gasteiger partial charge < -0.3 is 10.0 Å². The minimum atomic E-state index is -0.104. The molecule has 1 unspecified atom stereocenters. The molecule has 0 aromatic heterocycles. The Morgan fingerprint density at radius 1 is 1.05 bits per heavy atom. The van der Waals surface area contributed by atoms with E-state index in [1.165, 1.54) is 39.3 Å². The standard InChI is InChI=1S/C19H21NO/c21-17-5-3-9-20(13-17)12-14-7-8-19-16(10-14)11-15-4-1-2-6-18(15)19/h1-2,4,6-8,10,17,21H,3,5,9,11-13H2/p+1/t17-/m1/s1. The lowest BCUT2D eigenvalue weighted by Gasteiger charge is -2.27. The van der Waals surface area contributed by atoms with Crippen molar-refractivity contribution in [3.05, 3.63) is 59.2 Å². The van der Waals surface area contributed by atoms with Crippen LogP contribution in [0.25, 0.3) is 11.1 Å². The first kappa shape index (κ1) is 13.1. The molecule has 1 aliphatic heterocycles. The first-order chi connectivity index (χ1) is 10.3. The van der Waals surface area contributed by atoms with Crippen LogP contribution < -0.4 is 4.90 Å². The molecule has 0 amide bonds. The van der Waals surface area contributed by atoms with Crippen molar-refractivity contribution in [2.24, 2.45) is 0 Å². The Labute approximate surface area is 126 Å². The molecule has 0 spiro atoms. The van der Waals surface area contributed by atoms with Crippen molar-refractivity contribution in [2.45, 2.75) is 31.9 Å². The first-order valence-electron chi connectivity index (χ1n) is 8.01. The Morgan fingerprint density at radius 3 is 2.81 bits per heavy atom. The van der Waals surface area contributed by atoms with Crippen LogP contribution in [-0.2, 0) is 13.0 Å². The number of aliphatic hydroxyl groups is 1. The fraction of sp³-hybridized carbons (Fsp3) is 0.368. The highest BCUT2D eigenvalue weighted by Gasteiger charge is 2.22. The number of hydrogen-bond acceptors (Lipinski definition) is 1. The van der Waals surface area contributed by atoms with Crippen LogP contribution in [0.3, 0.4) is 0 Å². The Morgan fingerprint density at radius 2 is 1.90 bits per heavy atom. The maximum Gasteiger partial charge on any atom is 0.104 e. The molecule has 1 fully saturated rings. The highest BCUT2D eigenvalue weighted by molar-refractivity contribution is 5.76. The van der Waals surface area contributed by atoms with Crippen molar-refractivity contribution in [3.8, 4) is 11.1 Å². The average molecular weight is 280 g/mol. The minimum absolute atomic E-state index is 0.104. The largest absolute Gasteiger partial charge is 0.387 e. The molecule has 4 rings (SSSR count). The van der Waals surface area contributed by atoms with Crippen LogP contribution >= 0.6 is 0 Å². The van der Waals surface area contributed by atoms with Crippen molar-refractivity contribution in [2.75, 3.05) is 13.1 Å². The van der Waals surface area contributed by atoms with Crippen LogP contribution in [0.5, 0.6) is 0 Å². The molecule has 2 aromatic rings. The van der Waals surface area contributed by atoms with Gasteiger partial charge in [-0.2, -0.15) is 0 Å². The van der Waals surface area contributed by atoms with Gasteiger partial charge in [-0.3, -0.25) is 0 Å². The summed E-state index contributed by atoms with van der Waals surface area (Å²) in [6.07, 6.45) is 3.08. The van der Waals surface area contributed by atoms with Gasteiger partial charge in [0.2, 0.25) is 0 Å². The fourth-order valence-corrected chi connectivity index (χ4v) is 3.88. The van der Waals surface area contributed by atoms with Crippen LogP contribution in [0.1, 0.15) is 29.5 Å². The zero-order chi connectivity index (χ0) is 14.2. The molecule has 0 saturated carbocycles. The van der Waals surface area contributed by atoms with E-state index in [-0.39, 0.29) is 6.10 Å².